The first kappa shape index (κ1) is 13.3. The number of hydrogen-bond acceptors (Lipinski definition) is 5. The molecule has 1 unspecified atom stereocenters. The van der Waals surface area contributed by atoms with E-state index in [1.807, 2.05) is 0 Å². The zero-order chi connectivity index (χ0) is 14.3. The fraction of sp³-hybridized carbons (Fsp3) is 0.643. The second-order valence-electron chi connectivity index (χ2n) is 5.90. The average molecular weight is 276 g/mol. The number of anilines is 1. The molecule has 2 atom stereocenters. The lowest BCUT2D eigenvalue weighted by Gasteiger charge is -2.29. The first-order chi connectivity index (χ1) is 9.58. The van der Waals surface area contributed by atoms with E-state index in [1.165, 1.54) is 0 Å². The van der Waals surface area contributed by atoms with Crippen LogP contribution in [0.25, 0.3) is 0 Å². The molecule has 2 aliphatic heterocycles. The van der Waals surface area contributed by atoms with Gasteiger partial charge in [0.1, 0.15) is 0 Å². The predicted octanol–water partition coefficient (Wildman–Crippen LogP) is 1.97. The maximum atomic E-state index is 11.4. The molecule has 3 rings (SSSR count). The first-order valence-electron chi connectivity index (χ1n) is 7.15. The highest BCUT2D eigenvalue weighted by atomic mass is 16.6. The summed E-state index contributed by atoms with van der Waals surface area (Å²) in [5, 5.41) is 11.4. The van der Waals surface area contributed by atoms with E-state index < -0.39 is 0 Å². The summed E-state index contributed by atoms with van der Waals surface area (Å²) in [6.45, 7) is 3.80. The summed E-state index contributed by atoms with van der Waals surface area (Å²) in [5.74, 6) is 0.567. The number of fused-ring (bicyclic) bond motifs is 2. The van der Waals surface area contributed by atoms with Gasteiger partial charge >= 0.3 is 5.69 Å². The van der Waals surface area contributed by atoms with E-state index in [-0.39, 0.29) is 10.6 Å². The van der Waals surface area contributed by atoms with Crippen molar-refractivity contribution < 1.29 is 4.92 Å². The Balaban J connectivity index is 2.04. The minimum Gasteiger partial charge on any atom is -0.344 e. The van der Waals surface area contributed by atoms with Crippen molar-refractivity contribution in [2.45, 2.75) is 38.3 Å². The molecule has 6 heteroatoms. The quantitative estimate of drug-likeness (QED) is 0.610. The van der Waals surface area contributed by atoms with Crippen LogP contribution in [-0.2, 0) is 0 Å². The molecule has 108 valence electrons. The summed E-state index contributed by atoms with van der Waals surface area (Å²) >= 11 is 0. The molecule has 0 radical (unpaired) electrons. The van der Waals surface area contributed by atoms with Crippen molar-refractivity contribution in [3.05, 3.63) is 27.9 Å². The molecular weight excluding hydrogens is 256 g/mol. The molecule has 20 heavy (non-hydrogen) atoms. The van der Waals surface area contributed by atoms with E-state index in [0.29, 0.717) is 23.5 Å². The highest BCUT2D eigenvalue weighted by Gasteiger charge is 2.40. The molecule has 6 nitrogen and oxygen atoms in total. The van der Waals surface area contributed by atoms with Crippen LogP contribution in [0.15, 0.2) is 12.3 Å². The molecule has 1 aromatic rings. The summed E-state index contributed by atoms with van der Waals surface area (Å²) < 4.78 is 0. The molecule has 0 N–H and O–H groups in total. The van der Waals surface area contributed by atoms with Gasteiger partial charge < -0.3 is 9.80 Å². The normalized spacial score (nSPS) is 26.6. The largest absolute Gasteiger partial charge is 0.344 e. The Labute approximate surface area is 118 Å². The highest BCUT2D eigenvalue weighted by molar-refractivity contribution is 5.63. The van der Waals surface area contributed by atoms with Crippen LogP contribution in [0, 0.1) is 17.0 Å². The van der Waals surface area contributed by atoms with Gasteiger partial charge in [-0.2, -0.15) is 0 Å². The number of nitro groups is 1. The number of aromatic nitrogens is 1. The minimum atomic E-state index is -0.286. The van der Waals surface area contributed by atoms with Crippen LogP contribution >= 0.6 is 0 Å². The minimum absolute atomic E-state index is 0.175. The Hall–Kier alpha value is -1.69. The van der Waals surface area contributed by atoms with Crippen molar-refractivity contribution >= 4 is 11.5 Å². The lowest BCUT2D eigenvalue weighted by Crippen LogP contribution is -2.39. The molecular formula is C14H20N4O2. The van der Waals surface area contributed by atoms with E-state index in [9.17, 15) is 10.1 Å². The average Bonchev–Trinajstić information content (AvgIpc) is 2.69. The number of likely N-dealkylation sites (N-methyl/N-ethyl adjacent to an activating group) is 1. The Bertz CT molecular complexity index is 534. The van der Waals surface area contributed by atoms with Crippen LogP contribution in [0.4, 0.5) is 11.5 Å². The summed E-state index contributed by atoms with van der Waals surface area (Å²) in [7, 11) is 2.12. The van der Waals surface area contributed by atoms with E-state index in [2.05, 4.69) is 21.8 Å². The van der Waals surface area contributed by atoms with Gasteiger partial charge in [0.15, 0.2) is 0 Å². The molecule has 0 amide bonds. The van der Waals surface area contributed by atoms with Crippen molar-refractivity contribution in [1.29, 1.82) is 0 Å². The summed E-state index contributed by atoms with van der Waals surface area (Å²) in [4.78, 5) is 20.0. The molecule has 0 aliphatic carbocycles. The zero-order valence-corrected chi connectivity index (χ0v) is 12.0. The van der Waals surface area contributed by atoms with Crippen LogP contribution in [-0.4, -0.2) is 47.0 Å². The van der Waals surface area contributed by atoms with Gasteiger partial charge in [-0.05, 0) is 45.8 Å². The third-order valence-corrected chi connectivity index (χ3v) is 4.52. The summed E-state index contributed by atoms with van der Waals surface area (Å²) in [5.41, 5.74) is 0.867. The van der Waals surface area contributed by atoms with Gasteiger partial charge in [-0.3, -0.25) is 10.1 Å². The van der Waals surface area contributed by atoms with Crippen LogP contribution in [0.3, 0.4) is 0 Å². The predicted molar refractivity (Wildman–Crippen MR) is 77.0 cm³/mol. The monoisotopic (exact) mass is 276 g/mol. The molecule has 2 fully saturated rings. The van der Waals surface area contributed by atoms with Crippen molar-refractivity contribution in [3.63, 3.8) is 0 Å². The Kier molecular flexibility index (Phi) is 3.33. The van der Waals surface area contributed by atoms with Crippen LogP contribution in [0.1, 0.15) is 24.8 Å². The molecule has 1 aromatic heterocycles. The molecule has 0 aromatic carbocycles. The standard InChI is InChI=1S/C14H20N4O2/c1-10-5-7-15-14(13(10)18(19)20)17-11-3-4-12(17)9-16(2)8-6-11/h5,7,11-12H,3-4,6,8-9H2,1-2H3/t11?,12-/m1/s1. The fourth-order valence-electron chi connectivity index (χ4n) is 3.54. The van der Waals surface area contributed by atoms with Gasteiger partial charge in [0.25, 0.3) is 0 Å². The van der Waals surface area contributed by atoms with Crippen LogP contribution in [0.5, 0.6) is 0 Å². The Morgan fingerprint density at radius 2 is 2.10 bits per heavy atom. The molecule has 0 spiro atoms. The number of nitrogens with zero attached hydrogens (tertiary/aromatic N) is 4. The van der Waals surface area contributed by atoms with Gasteiger partial charge in [0.05, 0.1) is 4.92 Å². The van der Waals surface area contributed by atoms with Crippen molar-refractivity contribution in [2.24, 2.45) is 0 Å². The number of aryl methyl sites for hydroxylation is 1. The van der Waals surface area contributed by atoms with E-state index >= 15 is 0 Å². The Morgan fingerprint density at radius 1 is 1.35 bits per heavy atom. The zero-order valence-electron chi connectivity index (χ0n) is 12.0. The van der Waals surface area contributed by atoms with Crippen LogP contribution in [0.2, 0.25) is 0 Å². The van der Waals surface area contributed by atoms with Gasteiger partial charge in [0.2, 0.25) is 5.82 Å². The van der Waals surface area contributed by atoms with Gasteiger partial charge in [-0.1, -0.05) is 0 Å². The lowest BCUT2D eigenvalue weighted by atomic mass is 10.1. The van der Waals surface area contributed by atoms with Gasteiger partial charge in [-0.15, -0.1) is 0 Å². The lowest BCUT2D eigenvalue weighted by molar-refractivity contribution is -0.384. The Morgan fingerprint density at radius 3 is 2.85 bits per heavy atom. The van der Waals surface area contributed by atoms with Crippen molar-refractivity contribution in [1.82, 2.24) is 9.88 Å². The number of likely N-dealkylation sites (tertiary alicyclic amines) is 1. The second-order valence-corrected chi connectivity index (χ2v) is 5.90. The molecule has 2 bridgehead atoms. The third-order valence-electron chi connectivity index (χ3n) is 4.52. The SMILES string of the molecule is Cc1ccnc(N2C3CC[C@@H]2CN(C)CC3)c1[N+](=O)[O-]. The van der Waals surface area contributed by atoms with Crippen LogP contribution < -0.4 is 4.90 Å². The number of hydrogen-bond donors (Lipinski definition) is 0. The summed E-state index contributed by atoms with van der Waals surface area (Å²) in [6.07, 6.45) is 4.96. The summed E-state index contributed by atoms with van der Waals surface area (Å²) in [6, 6.07) is 2.45. The smallest absolute Gasteiger partial charge is 0.314 e. The van der Waals surface area contributed by atoms with Gasteiger partial charge in [0, 0.05) is 30.4 Å². The third kappa shape index (κ3) is 2.14. The number of pyridine rings is 1. The van der Waals surface area contributed by atoms with Crippen molar-refractivity contribution in [3.8, 4) is 0 Å². The molecule has 3 heterocycles. The fourth-order valence-corrected chi connectivity index (χ4v) is 3.54. The maximum Gasteiger partial charge on any atom is 0.314 e. The van der Waals surface area contributed by atoms with E-state index in [0.717, 1.165) is 32.4 Å². The van der Waals surface area contributed by atoms with Gasteiger partial charge in [-0.25, -0.2) is 4.98 Å². The first-order valence-corrected chi connectivity index (χ1v) is 7.15. The van der Waals surface area contributed by atoms with E-state index in [1.54, 1.807) is 19.2 Å². The van der Waals surface area contributed by atoms with Crippen molar-refractivity contribution in [2.75, 3.05) is 25.0 Å². The number of rotatable bonds is 2. The highest BCUT2D eigenvalue weighted by Crippen LogP contribution is 2.39. The molecule has 2 saturated heterocycles. The maximum absolute atomic E-state index is 11.4. The molecule has 2 aliphatic rings. The second kappa shape index (κ2) is 5.01. The topological polar surface area (TPSA) is 62.5 Å². The molecule has 0 saturated carbocycles. The van der Waals surface area contributed by atoms with E-state index in [4.69, 9.17) is 0 Å².